The first kappa shape index (κ1) is 13.3. The summed E-state index contributed by atoms with van der Waals surface area (Å²) in [6.45, 7) is 2.66. The summed E-state index contributed by atoms with van der Waals surface area (Å²) in [5.41, 5.74) is 5.61. The van der Waals surface area contributed by atoms with Gasteiger partial charge >= 0.3 is 0 Å². The number of benzene rings is 1. The zero-order valence-electron chi connectivity index (χ0n) is 9.03. The lowest BCUT2D eigenvalue weighted by molar-refractivity contribution is 0.342. The molecule has 1 aromatic rings. The molecular weight excluding hydrogens is 245 g/mol. The number of ether oxygens (including phenoxy) is 1. The van der Waals surface area contributed by atoms with Crippen molar-refractivity contribution in [2.75, 3.05) is 18.1 Å². The Hall–Kier alpha value is -0.810. The second-order valence-corrected chi connectivity index (χ2v) is 4.88. The third-order valence-corrected chi connectivity index (χ3v) is 2.99. The summed E-state index contributed by atoms with van der Waals surface area (Å²) in [4.78, 5) is 0.0607. The van der Waals surface area contributed by atoms with Gasteiger partial charge < -0.3 is 10.5 Å². The maximum Gasteiger partial charge on any atom is 0.137 e. The van der Waals surface area contributed by atoms with E-state index >= 15 is 0 Å². The Labute approximate surface area is 104 Å². The van der Waals surface area contributed by atoms with Crippen LogP contribution in [0.4, 0.5) is 4.39 Å². The Kier molecular flexibility index (Phi) is 5.55. The highest BCUT2D eigenvalue weighted by molar-refractivity contribution is 7.99. The van der Waals surface area contributed by atoms with Gasteiger partial charge in [0.05, 0.1) is 6.61 Å². The molecule has 2 N–H and O–H groups in total. The first-order chi connectivity index (χ1) is 7.65. The predicted octanol–water partition coefficient (Wildman–Crippen LogP) is 2.59. The highest BCUT2D eigenvalue weighted by atomic mass is 32.2. The van der Waals surface area contributed by atoms with Crippen LogP contribution < -0.4 is 10.5 Å². The highest BCUT2D eigenvalue weighted by Crippen LogP contribution is 2.17. The predicted molar refractivity (Wildman–Crippen MR) is 70.8 cm³/mol. The van der Waals surface area contributed by atoms with Gasteiger partial charge in [-0.1, -0.05) is 19.1 Å². The Balaban J connectivity index is 2.56. The smallest absolute Gasteiger partial charge is 0.137 e. The Bertz CT molecular complexity index is 371. The van der Waals surface area contributed by atoms with E-state index in [-0.39, 0.29) is 10.6 Å². The fourth-order valence-electron chi connectivity index (χ4n) is 1.15. The summed E-state index contributed by atoms with van der Waals surface area (Å²) in [6.07, 6.45) is 0. The fourth-order valence-corrected chi connectivity index (χ4v) is 1.80. The lowest BCUT2D eigenvalue weighted by atomic mass is 10.2. The first-order valence-electron chi connectivity index (χ1n) is 4.95. The van der Waals surface area contributed by atoms with Crippen molar-refractivity contribution in [1.82, 2.24) is 0 Å². The van der Waals surface area contributed by atoms with Crippen molar-refractivity contribution in [3.63, 3.8) is 0 Å². The molecule has 0 amide bonds. The molecule has 0 aliphatic heterocycles. The van der Waals surface area contributed by atoms with Gasteiger partial charge in [-0.15, -0.1) is 0 Å². The van der Waals surface area contributed by atoms with Crippen molar-refractivity contribution in [3.05, 3.63) is 29.6 Å². The summed E-state index contributed by atoms with van der Waals surface area (Å²) >= 11 is 6.49. The minimum Gasteiger partial charge on any atom is -0.493 e. The first-order valence-corrected chi connectivity index (χ1v) is 6.51. The Morgan fingerprint density at radius 3 is 2.88 bits per heavy atom. The molecule has 0 bridgehead atoms. The second kappa shape index (κ2) is 6.70. The van der Waals surface area contributed by atoms with Gasteiger partial charge in [-0.25, -0.2) is 4.39 Å². The van der Waals surface area contributed by atoms with Gasteiger partial charge in [0, 0.05) is 17.4 Å². The van der Waals surface area contributed by atoms with Crippen molar-refractivity contribution in [1.29, 1.82) is 0 Å². The molecule has 0 fully saturated rings. The molecule has 0 unspecified atom stereocenters. The van der Waals surface area contributed by atoms with Crippen LogP contribution in [0.15, 0.2) is 18.2 Å². The van der Waals surface area contributed by atoms with Crippen LogP contribution in [0.5, 0.6) is 5.75 Å². The van der Waals surface area contributed by atoms with E-state index in [1.54, 1.807) is 23.9 Å². The Morgan fingerprint density at radius 2 is 2.31 bits per heavy atom. The lowest BCUT2D eigenvalue weighted by Crippen LogP contribution is -2.11. The van der Waals surface area contributed by atoms with Crippen molar-refractivity contribution in [2.45, 2.75) is 6.92 Å². The minimum absolute atomic E-state index is 0.0607. The molecule has 1 aromatic carbocycles. The number of halogens is 1. The van der Waals surface area contributed by atoms with Crippen LogP contribution in [-0.2, 0) is 0 Å². The molecule has 0 aliphatic carbocycles. The zero-order chi connectivity index (χ0) is 12.0. The lowest BCUT2D eigenvalue weighted by Gasteiger charge is -2.07. The number of hydrogen-bond donors (Lipinski definition) is 1. The maximum atomic E-state index is 13.4. The maximum absolute atomic E-state index is 13.4. The highest BCUT2D eigenvalue weighted by Gasteiger charge is 2.06. The monoisotopic (exact) mass is 259 g/mol. The Morgan fingerprint density at radius 1 is 1.56 bits per heavy atom. The number of thiocarbonyl (C=S) groups is 1. The molecule has 0 spiro atoms. The molecule has 0 aromatic heterocycles. The van der Waals surface area contributed by atoms with Crippen molar-refractivity contribution in [3.8, 4) is 5.75 Å². The van der Waals surface area contributed by atoms with Gasteiger partial charge in [0.15, 0.2) is 0 Å². The van der Waals surface area contributed by atoms with Crippen molar-refractivity contribution >= 4 is 29.0 Å². The van der Waals surface area contributed by atoms with E-state index in [1.165, 1.54) is 6.07 Å². The van der Waals surface area contributed by atoms with Gasteiger partial charge in [0.2, 0.25) is 0 Å². The van der Waals surface area contributed by atoms with E-state index in [0.29, 0.717) is 12.4 Å². The molecule has 1 rings (SSSR count). The average Bonchev–Trinajstić information content (AvgIpc) is 2.24. The van der Waals surface area contributed by atoms with E-state index in [1.807, 2.05) is 0 Å². The average molecular weight is 259 g/mol. The SMILES string of the molecule is CCSCCOc1ccc(C(N)=S)c(F)c1. The molecule has 0 heterocycles. The molecule has 88 valence electrons. The normalized spacial score (nSPS) is 10.1. The standard InChI is InChI=1S/C11H14FNOS2/c1-2-16-6-5-14-8-3-4-9(11(13)15)10(12)7-8/h3-4,7H,2,5-6H2,1H3,(H2,13,15). The summed E-state index contributed by atoms with van der Waals surface area (Å²) in [5, 5.41) is 0. The molecule has 5 heteroatoms. The van der Waals surface area contributed by atoms with E-state index < -0.39 is 5.82 Å². The van der Waals surface area contributed by atoms with Crippen LogP contribution in [0.2, 0.25) is 0 Å². The van der Waals surface area contributed by atoms with E-state index in [4.69, 9.17) is 22.7 Å². The third kappa shape index (κ3) is 3.98. The number of thioether (sulfide) groups is 1. The molecule has 2 nitrogen and oxygen atoms in total. The van der Waals surface area contributed by atoms with E-state index in [9.17, 15) is 4.39 Å². The van der Waals surface area contributed by atoms with Crippen LogP contribution in [0.1, 0.15) is 12.5 Å². The molecule has 0 aliphatic rings. The molecule has 0 saturated carbocycles. The van der Waals surface area contributed by atoms with Gasteiger partial charge in [-0.2, -0.15) is 11.8 Å². The second-order valence-electron chi connectivity index (χ2n) is 3.05. The number of nitrogens with two attached hydrogens (primary N) is 1. The van der Waals surface area contributed by atoms with Crippen molar-refractivity contribution < 1.29 is 9.13 Å². The summed E-state index contributed by atoms with van der Waals surface area (Å²) in [6, 6.07) is 4.53. The van der Waals surface area contributed by atoms with Crippen LogP contribution in [0.3, 0.4) is 0 Å². The summed E-state index contributed by atoms with van der Waals surface area (Å²) in [5.74, 6) is 2.02. The minimum atomic E-state index is -0.437. The van der Waals surface area contributed by atoms with Gasteiger partial charge in [0.1, 0.15) is 16.6 Å². The molecule has 0 atom stereocenters. The van der Waals surface area contributed by atoms with E-state index in [0.717, 1.165) is 11.5 Å². The van der Waals surface area contributed by atoms with Gasteiger partial charge in [-0.05, 0) is 17.9 Å². The number of hydrogen-bond acceptors (Lipinski definition) is 3. The van der Waals surface area contributed by atoms with Gasteiger partial charge in [-0.3, -0.25) is 0 Å². The summed E-state index contributed by atoms with van der Waals surface area (Å²) in [7, 11) is 0. The van der Waals surface area contributed by atoms with E-state index in [2.05, 4.69) is 6.92 Å². The molecule has 16 heavy (non-hydrogen) atoms. The quantitative estimate of drug-likeness (QED) is 0.629. The largest absolute Gasteiger partial charge is 0.493 e. The van der Waals surface area contributed by atoms with Gasteiger partial charge in [0.25, 0.3) is 0 Å². The van der Waals surface area contributed by atoms with Crippen LogP contribution in [0, 0.1) is 5.82 Å². The third-order valence-electron chi connectivity index (χ3n) is 1.91. The van der Waals surface area contributed by atoms with Crippen molar-refractivity contribution in [2.24, 2.45) is 5.73 Å². The molecule has 0 saturated heterocycles. The molecular formula is C11H14FNOS2. The zero-order valence-corrected chi connectivity index (χ0v) is 10.7. The topological polar surface area (TPSA) is 35.2 Å². The van der Waals surface area contributed by atoms with Crippen LogP contribution >= 0.6 is 24.0 Å². The fraction of sp³-hybridized carbons (Fsp3) is 0.364. The number of rotatable bonds is 6. The molecule has 0 radical (unpaired) electrons. The van der Waals surface area contributed by atoms with Crippen LogP contribution in [0.25, 0.3) is 0 Å². The van der Waals surface area contributed by atoms with Crippen LogP contribution in [-0.4, -0.2) is 23.1 Å². The summed E-state index contributed by atoms with van der Waals surface area (Å²) < 4.78 is 18.8.